The first kappa shape index (κ1) is 29.3. The summed E-state index contributed by atoms with van der Waals surface area (Å²) in [5.74, 6) is 0.402. The summed E-state index contributed by atoms with van der Waals surface area (Å²) in [6.07, 6.45) is 6.16. The number of carbonyl (C=O) groups is 1. The molecule has 5 rings (SSSR count). The Balaban J connectivity index is 1.40. The lowest BCUT2D eigenvalue weighted by Gasteiger charge is -2.20. The molecule has 2 N–H and O–H groups in total. The van der Waals surface area contributed by atoms with Crippen LogP contribution in [-0.4, -0.2) is 51.6 Å². The van der Waals surface area contributed by atoms with Gasteiger partial charge in [0.15, 0.2) is 22.9 Å². The van der Waals surface area contributed by atoms with Gasteiger partial charge in [0.1, 0.15) is 17.3 Å². The summed E-state index contributed by atoms with van der Waals surface area (Å²) in [4.78, 5) is 21.7. The number of rotatable bonds is 10. The molecule has 0 bridgehead atoms. The lowest BCUT2D eigenvalue weighted by molar-refractivity contribution is 0.0783. The highest BCUT2D eigenvalue weighted by Gasteiger charge is 2.25. The van der Waals surface area contributed by atoms with Gasteiger partial charge in [0, 0.05) is 35.5 Å². The zero-order valence-electron chi connectivity index (χ0n) is 24.2. The second-order valence-corrected chi connectivity index (χ2v) is 9.90. The second-order valence-electron chi connectivity index (χ2n) is 9.90. The third-order valence-electron chi connectivity index (χ3n) is 6.52. The molecule has 2 aromatic carbocycles. The molecule has 0 saturated carbocycles. The maximum atomic E-state index is 15.2. The number of fused-ring (bicyclic) bond motifs is 1. The number of nitrogens with one attached hydrogen (secondary N) is 1. The Hall–Kier alpha value is -5.23. The highest BCUT2D eigenvalue weighted by Crippen LogP contribution is 2.37. The van der Waals surface area contributed by atoms with Gasteiger partial charge in [0.05, 0.1) is 55.7 Å². The summed E-state index contributed by atoms with van der Waals surface area (Å²) in [6.45, 7) is 5.30. The molecule has 0 unspecified atom stereocenters. The third kappa shape index (κ3) is 6.04. The molecular formula is C31H30FN5O6. The standard InChI is InChI=1S/C31H30FN5O6/c1-6-42-28-17-37(24-16-33-11-9-20(24)31(2,3)39)36-29(28)30(38)35-22-8-7-18(13-21(22)32)43-25-10-12-34-23-15-27(41-5)26(40-4)14-19(23)25/h7-17,39H,6H2,1-5H3,(H,35,38). The SMILES string of the molecule is CCOc1cn(-c2cnccc2C(C)(C)O)nc1C(=O)Nc1ccc(Oc2ccnc3cc(OC)c(OC)cc23)cc1F. The number of ether oxygens (including phenoxy) is 4. The number of nitrogens with zero attached hydrogens (tertiary/aromatic N) is 4. The zero-order chi connectivity index (χ0) is 30.7. The smallest absolute Gasteiger partial charge is 0.280 e. The number of amides is 1. The van der Waals surface area contributed by atoms with E-state index in [2.05, 4.69) is 20.4 Å². The quantitative estimate of drug-likeness (QED) is 0.213. The average Bonchev–Trinajstić information content (AvgIpc) is 3.41. The predicted molar refractivity (Wildman–Crippen MR) is 157 cm³/mol. The van der Waals surface area contributed by atoms with Crippen molar-refractivity contribution < 1.29 is 33.2 Å². The van der Waals surface area contributed by atoms with Crippen molar-refractivity contribution in [2.75, 3.05) is 26.1 Å². The van der Waals surface area contributed by atoms with E-state index in [0.717, 1.165) is 6.07 Å². The van der Waals surface area contributed by atoms with Crippen LogP contribution in [0.1, 0.15) is 36.8 Å². The normalized spacial score (nSPS) is 11.3. The largest absolute Gasteiger partial charge is 0.493 e. The van der Waals surface area contributed by atoms with Crippen LogP contribution < -0.4 is 24.3 Å². The maximum Gasteiger partial charge on any atom is 0.280 e. The van der Waals surface area contributed by atoms with Crippen LogP contribution in [0.4, 0.5) is 10.1 Å². The van der Waals surface area contributed by atoms with E-state index in [1.165, 1.54) is 43.4 Å². The predicted octanol–water partition coefficient (Wildman–Crippen LogP) is 5.64. The molecule has 0 saturated heterocycles. The van der Waals surface area contributed by atoms with Gasteiger partial charge in [-0.15, -0.1) is 0 Å². The van der Waals surface area contributed by atoms with E-state index in [9.17, 15) is 9.90 Å². The van der Waals surface area contributed by atoms with Crippen LogP contribution in [0.15, 0.2) is 67.3 Å². The molecule has 0 aliphatic rings. The molecule has 0 aliphatic heterocycles. The lowest BCUT2D eigenvalue weighted by Crippen LogP contribution is -2.19. The zero-order valence-corrected chi connectivity index (χ0v) is 24.2. The second kappa shape index (κ2) is 11.9. The Kier molecular flexibility index (Phi) is 8.13. The van der Waals surface area contributed by atoms with Gasteiger partial charge in [-0.2, -0.15) is 5.10 Å². The van der Waals surface area contributed by atoms with Gasteiger partial charge in [-0.1, -0.05) is 0 Å². The van der Waals surface area contributed by atoms with Gasteiger partial charge in [-0.05, 0) is 51.1 Å². The first-order valence-corrected chi connectivity index (χ1v) is 13.3. The van der Waals surface area contributed by atoms with E-state index in [4.69, 9.17) is 18.9 Å². The van der Waals surface area contributed by atoms with E-state index in [0.29, 0.717) is 39.4 Å². The van der Waals surface area contributed by atoms with Gasteiger partial charge >= 0.3 is 0 Å². The summed E-state index contributed by atoms with van der Waals surface area (Å²) in [6, 6.07) is 10.8. The molecule has 0 aliphatic carbocycles. The van der Waals surface area contributed by atoms with E-state index in [1.807, 2.05) is 0 Å². The molecule has 5 aromatic rings. The van der Waals surface area contributed by atoms with Crippen LogP contribution in [0.3, 0.4) is 0 Å². The van der Waals surface area contributed by atoms with Crippen LogP contribution >= 0.6 is 0 Å². The van der Waals surface area contributed by atoms with Gasteiger partial charge in [0.25, 0.3) is 5.91 Å². The summed E-state index contributed by atoms with van der Waals surface area (Å²) >= 11 is 0. The number of carbonyl (C=O) groups excluding carboxylic acids is 1. The number of methoxy groups -OCH3 is 2. The molecule has 11 nitrogen and oxygen atoms in total. The number of pyridine rings is 2. The Bertz CT molecular complexity index is 1800. The fourth-order valence-corrected chi connectivity index (χ4v) is 4.49. The minimum Gasteiger partial charge on any atom is -0.493 e. The molecule has 0 fully saturated rings. The summed E-state index contributed by atoms with van der Waals surface area (Å²) in [7, 11) is 3.06. The molecule has 0 atom stereocenters. The third-order valence-corrected chi connectivity index (χ3v) is 6.52. The molecule has 43 heavy (non-hydrogen) atoms. The van der Waals surface area contributed by atoms with Crippen molar-refractivity contribution in [2.24, 2.45) is 0 Å². The van der Waals surface area contributed by atoms with Gasteiger partial charge in [0.2, 0.25) is 0 Å². The van der Waals surface area contributed by atoms with Crippen molar-refractivity contribution >= 4 is 22.5 Å². The van der Waals surface area contributed by atoms with E-state index in [1.54, 1.807) is 57.4 Å². The number of hydrogen-bond acceptors (Lipinski definition) is 9. The van der Waals surface area contributed by atoms with Crippen LogP contribution in [0.5, 0.6) is 28.7 Å². The van der Waals surface area contributed by atoms with Crippen LogP contribution in [0.2, 0.25) is 0 Å². The number of halogens is 1. The highest BCUT2D eigenvalue weighted by molar-refractivity contribution is 6.04. The fourth-order valence-electron chi connectivity index (χ4n) is 4.49. The Labute approximate surface area is 246 Å². The van der Waals surface area contributed by atoms with Gasteiger partial charge < -0.3 is 29.4 Å². The molecular weight excluding hydrogens is 557 g/mol. The summed E-state index contributed by atoms with van der Waals surface area (Å²) < 4.78 is 39.0. The molecule has 1 amide bonds. The maximum absolute atomic E-state index is 15.2. The van der Waals surface area contributed by atoms with Gasteiger partial charge in [-0.3, -0.25) is 14.8 Å². The Morgan fingerprint density at radius 1 is 1.02 bits per heavy atom. The van der Waals surface area contributed by atoms with Crippen molar-refractivity contribution in [3.05, 3.63) is 84.3 Å². The first-order chi connectivity index (χ1) is 20.6. The lowest BCUT2D eigenvalue weighted by atomic mass is 9.98. The van der Waals surface area contributed by atoms with Crippen molar-refractivity contribution in [3.63, 3.8) is 0 Å². The van der Waals surface area contributed by atoms with Gasteiger partial charge in [-0.25, -0.2) is 9.07 Å². The minimum atomic E-state index is -1.20. The van der Waals surface area contributed by atoms with Crippen molar-refractivity contribution in [3.8, 4) is 34.4 Å². The number of benzene rings is 2. The van der Waals surface area contributed by atoms with E-state index >= 15 is 4.39 Å². The number of hydrogen-bond donors (Lipinski definition) is 2. The Morgan fingerprint density at radius 3 is 2.49 bits per heavy atom. The average molecular weight is 588 g/mol. The van der Waals surface area contributed by atoms with Crippen LogP contribution in [-0.2, 0) is 5.60 Å². The molecule has 3 heterocycles. The molecule has 0 spiro atoms. The molecule has 12 heteroatoms. The number of aromatic nitrogens is 4. The van der Waals surface area contributed by atoms with Crippen LogP contribution in [0, 0.1) is 5.82 Å². The number of anilines is 1. The van der Waals surface area contributed by atoms with E-state index < -0.39 is 17.3 Å². The van der Waals surface area contributed by atoms with Crippen molar-refractivity contribution in [1.82, 2.24) is 19.7 Å². The summed E-state index contributed by atoms with van der Waals surface area (Å²) in [5, 5.41) is 18.2. The fraction of sp³-hybridized carbons (Fsp3) is 0.226. The Morgan fingerprint density at radius 2 is 1.79 bits per heavy atom. The molecule has 222 valence electrons. The summed E-state index contributed by atoms with van der Waals surface area (Å²) in [5.41, 5.74) is 0.250. The monoisotopic (exact) mass is 587 g/mol. The first-order valence-electron chi connectivity index (χ1n) is 13.3. The van der Waals surface area contributed by atoms with Crippen LogP contribution in [0.25, 0.3) is 16.6 Å². The van der Waals surface area contributed by atoms with Crippen molar-refractivity contribution in [1.29, 1.82) is 0 Å². The topological polar surface area (TPSA) is 130 Å². The molecule has 3 aromatic heterocycles. The minimum absolute atomic E-state index is 0.0697. The molecule has 0 radical (unpaired) electrons. The van der Waals surface area contributed by atoms with E-state index in [-0.39, 0.29) is 29.5 Å². The number of aliphatic hydroxyl groups is 1. The van der Waals surface area contributed by atoms with Crippen molar-refractivity contribution in [2.45, 2.75) is 26.4 Å². The highest BCUT2D eigenvalue weighted by atomic mass is 19.1.